The molecule has 10 nitrogen and oxygen atoms in total. The molecule has 1 atom stereocenters. The maximum Gasteiger partial charge on any atom is 0.238 e. The summed E-state index contributed by atoms with van der Waals surface area (Å²) in [5.74, 6) is 2.42. The number of para-hydroxylation sites is 1. The number of hydrogen-bond acceptors (Lipinski definition) is 9. The number of carbonyl (C=O) groups is 1. The van der Waals surface area contributed by atoms with Crippen LogP contribution < -0.4 is 19.7 Å². The van der Waals surface area contributed by atoms with Crippen molar-refractivity contribution in [1.82, 2.24) is 29.7 Å². The standard InChI is InChI=1S/C28H32ClN7O3S/c1-38-23-7-3-5-20(27(23)39-2)17-31-26(37)15-21-18-35(13-12-34(21)10-8-22-6-4-14-40-22)25-16-24(29)32-28(33-25)36-11-9-30-19-36/h3-7,9,11,14,16,19,21H,8,10,12-13,15,17-18H2,1-2H3,(H,31,37). The first-order chi connectivity index (χ1) is 19.5. The van der Waals surface area contributed by atoms with Crippen LogP contribution in [0.15, 0.2) is 60.5 Å². The first kappa shape index (κ1) is 27.9. The predicted octanol–water partition coefficient (Wildman–Crippen LogP) is 3.83. The smallest absolute Gasteiger partial charge is 0.238 e. The zero-order valence-electron chi connectivity index (χ0n) is 22.5. The Bertz CT molecular complexity index is 1400. The number of piperazine rings is 1. The molecule has 4 aromatic rings. The summed E-state index contributed by atoms with van der Waals surface area (Å²) in [6.45, 7) is 3.42. The average Bonchev–Trinajstić information content (AvgIpc) is 3.70. The van der Waals surface area contributed by atoms with Crippen LogP contribution in [0.5, 0.6) is 11.5 Å². The molecular weight excluding hydrogens is 550 g/mol. The van der Waals surface area contributed by atoms with Gasteiger partial charge in [0.05, 0.1) is 14.2 Å². The molecule has 0 saturated carbocycles. The fourth-order valence-corrected chi connectivity index (χ4v) is 5.79. The highest BCUT2D eigenvalue weighted by Crippen LogP contribution is 2.30. The Morgan fingerprint density at radius 1 is 1.18 bits per heavy atom. The summed E-state index contributed by atoms with van der Waals surface area (Å²) < 4.78 is 12.6. The van der Waals surface area contributed by atoms with E-state index in [4.69, 9.17) is 26.1 Å². The number of nitrogens with one attached hydrogen (secondary N) is 1. The number of thiophene rings is 1. The van der Waals surface area contributed by atoms with Crippen LogP contribution in [0.25, 0.3) is 5.95 Å². The van der Waals surface area contributed by atoms with Gasteiger partial charge in [-0.3, -0.25) is 14.3 Å². The molecule has 3 aromatic heterocycles. The number of benzene rings is 1. The number of rotatable bonds is 11. The molecule has 5 rings (SSSR count). The normalized spacial score (nSPS) is 15.7. The summed E-state index contributed by atoms with van der Waals surface area (Å²) in [5.41, 5.74) is 0.859. The third-order valence-electron chi connectivity index (χ3n) is 6.94. The van der Waals surface area contributed by atoms with Gasteiger partial charge in [-0.15, -0.1) is 11.3 Å². The molecule has 1 fully saturated rings. The molecule has 4 heterocycles. The Morgan fingerprint density at radius 3 is 2.83 bits per heavy atom. The minimum atomic E-state index is -0.0299. The molecule has 1 N–H and O–H groups in total. The van der Waals surface area contributed by atoms with Crippen molar-refractivity contribution in [3.05, 3.63) is 76.1 Å². The van der Waals surface area contributed by atoms with Gasteiger partial charge >= 0.3 is 0 Å². The zero-order chi connectivity index (χ0) is 27.9. The Balaban J connectivity index is 1.30. The van der Waals surface area contributed by atoms with Crippen LogP contribution in [0.1, 0.15) is 16.9 Å². The molecule has 0 spiro atoms. The van der Waals surface area contributed by atoms with Crippen molar-refractivity contribution in [3.63, 3.8) is 0 Å². The lowest BCUT2D eigenvalue weighted by molar-refractivity contribution is -0.122. The number of carbonyl (C=O) groups excluding carboxylic acids is 1. The van der Waals surface area contributed by atoms with E-state index in [9.17, 15) is 4.79 Å². The van der Waals surface area contributed by atoms with Gasteiger partial charge in [-0.25, -0.2) is 9.97 Å². The Kier molecular flexibility index (Phi) is 9.15. The molecule has 210 valence electrons. The zero-order valence-corrected chi connectivity index (χ0v) is 24.1. The number of hydrogen-bond donors (Lipinski definition) is 1. The lowest BCUT2D eigenvalue weighted by atomic mass is 10.1. The second-order valence-electron chi connectivity index (χ2n) is 9.42. The van der Waals surface area contributed by atoms with Gasteiger partial charge in [0.25, 0.3) is 0 Å². The molecule has 1 aromatic carbocycles. The number of methoxy groups -OCH3 is 2. The number of ether oxygens (including phenoxy) is 2. The molecule has 12 heteroatoms. The van der Waals surface area contributed by atoms with E-state index in [1.54, 1.807) is 54.9 Å². The summed E-state index contributed by atoms with van der Waals surface area (Å²) in [5, 5.41) is 5.54. The summed E-state index contributed by atoms with van der Waals surface area (Å²) in [6, 6.07) is 11.6. The minimum absolute atomic E-state index is 0.00801. The molecule has 0 bridgehead atoms. The van der Waals surface area contributed by atoms with Crippen molar-refractivity contribution in [2.75, 3.05) is 45.3 Å². The fraction of sp³-hybridized carbons (Fsp3) is 0.357. The highest BCUT2D eigenvalue weighted by atomic mass is 35.5. The monoisotopic (exact) mass is 581 g/mol. The molecule has 0 aliphatic carbocycles. The van der Waals surface area contributed by atoms with E-state index < -0.39 is 0 Å². The minimum Gasteiger partial charge on any atom is -0.493 e. The maximum absolute atomic E-state index is 13.2. The van der Waals surface area contributed by atoms with Crippen LogP contribution in [0.3, 0.4) is 0 Å². The van der Waals surface area contributed by atoms with E-state index in [2.05, 4.69) is 42.6 Å². The van der Waals surface area contributed by atoms with Gasteiger partial charge in [-0.1, -0.05) is 29.8 Å². The summed E-state index contributed by atoms with van der Waals surface area (Å²) >= 11 is 8.14. The van der Waals surface area contributed by atoms with Gasteiger partial charge in [-0.2, -0.15) is 4.98 Å². The van der Waals surface area contributed by atoms with E-state index in [0.29, 0.717) is 42.1 Å². The molecule has 40 heavy (non-hydrogen) atoms. The van der Waals surface area contributed by atoms with Gasteiger partial charge < -0.3 is 19.7 Å². The third-order valence-corrected chi connectivity index (χ3v) is 8.07. The maximum atomic E-state index is 13.2. The molecule has 1 unspecified atom stereocenters. The number of imidazole rings is 1. The fourth-order valence-electron chi connectivity index (χ4n) is 4.92. The summed E-state index contributed by atoms with van der Waals surface area (Å²) in [7, 11) is 3.20. The predicted molar refractivity (Wildman–Crippen MR) is 156 cm³/mol. The number of anilines is 1. The Morgan fingerprint density at radius 2 is 2.08 bits per heavy atom. The van der Waals surface area contributed by atoms with Gasteiger partial charge in [-0.05, 0) is 23.9 Å². The van der Waals surface area contributed by atoms with Crippen LogP contribution in [0, 0.1) is 0 Å². The quantitative estimate of drug-likeness (QED) is 0.267. The topological polar surface area (TPSA) is 97.6 Å². The first-order valence-corrected chi connectivity index (χ1v) is 14.3. The second kappa shape index (κ2) is 13.1. The van der Waals surface area contributed by atoms with Gasteiger partial charge in [0.15, 0.2) is 11.5 Å². The van der Waals surface area contributed by atoms with E-state index in [1.165, 1.54) is 4.88 Å². The van der Waals surface area contributed by atoms with Crippen LogP contribution in [-0.4, -0.2) is 76.8 Å². The van der Waals surface area contributed by atoms with Gasteiger partial charge in [0, 0.05) is 74.1 Å². The van der Waals surface area contributed by atoms with Crippen LogP contribution >= 0.6 is 22.9 Å². The number of aromatic nitrogens is 4. The van der Waals surface area contributed by atoms with E-state index >= 15 is 0 Å². The molecular formula is C28H32ClN7O3S. The Hall–Kier alpha value is -3.67. The summed E-state index contributed by atoms with van der Waals surface area (Å²) in [6.07, 6.45) is 6.39. The van der Waals surface area contributed by atoms with E-state index in [1.807, 2.05) is 18.2 Å². The first-order valence-electron chi connectivity index (χ1n) is 13.0. The molecule has 0 radical (unpaired) electrons. The van der Waals surface area contributed by atoms with Gasteiger partial charge in [0.1, 0.15) is 17.3 Å². The van der Waals surface area contributed by atoms with Crippen molar-refractivity contribution in [2.45, 2.75) is 25.4 Å². The van der Waals surface area contributed by atoms with Crippen molar-refractivity contribution in [3.8, 4) is 17.4 Å². The molecule has 1 aliphatic rings. The molecule has 1 saturated heterocycles. The summed E-state index contributed by atoms with van der Waals surface area (Å²) in [4.78, 5) is 32.3. The second-order valence-corrected chi connectivity index (χ2v) is 10.8. The number of amides is 1. The van der Waals surface area contributed by atoms with Crippen molar-refractivity contribution in [1.29, 1.82) is 0 Å². The van der Waals surface area contributed by atoms with Crippen LogP contribution in [0.2, 0.25) is 5.15 Å². The van der Waals surface area contributed by atoms with Crippen molar-refractivity contribution in [2.24, 2.45) is 0 Å². The average molecular weight is 582 g/mol. The number of nitrogens with zero attached hydrogens (tertiary/aromatic N) is 6. The highest BCUT2D eigenvalue weighted by Gasteiger charge is 2.30. The third kappa shape index (κ3) is 6.72. The van der Waals surface area contributed by atoms with Crippen molar-refractivity contribution >= 4 is 34.7 Å². The van der Waals surface area contributed by atoms with Crippen molar-refractivity contribution < 1.29 is 14.3 Å². The van der Waals surface area contributed by atoms with Gasteiger partial charge in [0.2, 0.25) is 11.9 Å². The number of halogens is 1. The lowest BCUT2D eigenvalue weighted by Crippen LogP contribution is -2.55. The lowest BCUT2D eigenvalue weighted by Gasteiger charge is -2.42. The SMILES string of the molecule is COc1cccc(CNC(=O)CC2CN(c3cc(Cl)nc(-n4ccnc4)n3)CCN2CCc2cccs2)c1OC. The van der Waals surface area contributed by atoms with Crippen LogP contribution in [0.4, 0.5) is 5.82 Å². The largest absolute Gasteiger partial charge is 0.493 e. The van der Waals surface area contributed by atoms with E-state index in [0.717, 1.165) is 37.4 Å². The Labute approximate surface area is 242 Å². The molecule has 1 aliphatic heterocycles. The highest BCUT2D eigenvalue weighted by molar-refractivity contribution is 7.09. The van der Waals surface area contributed by atoms with Crippen LogP contribution in [-0.2, 0) is 17.8 Å². The van der Waals surface area contributed by atoms with E-state index in [-0.39, 0.29) is 11.9 Å². The molecule has 1 amide bonds.